The van der Waals surface area contributed by atoms with Crippen LogP contribution in [-0.2, 0) is 0 Å². The van der Waals surface area contributed by atoms with Gasteiger partial charge in [-0.1, -0.05) is 30.0 Å². The highest BCUT2D eigenvalue weighted by molar-refractivity contribution is 8.01. The van der Waals surface area contributed by atoms with Gasteiger partial charge < -0.3 is 0 Å². The Morgan fingerprint density at radius 3 is 3.31 bits per heavy atom. The van der Waals surface area contributed by atoms with E-state index in [-0.39, 0.29) is 5.54 Å². The maximum absolute atomic E-state index is 9.24. The zero-order valence-corrected chi connectivity index (χ0v) is 10.8. The van der Waals surface area contributed by atoms with E-state index in [9.17, 15) is 5.26 Å². The molecule has 16 heavy (non-hydrogen) atoms. The number of nitriles is 1. The molecule has 0 aromatic carbocycles. The molecule has 1 aliphatic rings. The zero-order valence-electron chi connectivity index (χ0n) is 9.14. The summed E-state index contributed by atoms with van der Waals surface area (Å²) in [6.45, 7) is 2.90. The van der Waals surface area contributed by atoms with Crippen molar-refractivity contribution in [1.82, 2.24) is 15.5 Å². The second-order valence-electron chi connectivity index (χ2n) is 3.91. The van der Waals surface area contributed by atoms with Crippen LogP contribution in [-0.4, -0.2) is 27.5 Å². The Labute approximate surface area is 103 Å². The van der Waals surface area contributed by atoms with E-state index in [4.69, 9.17) is 0 Å². The van der Waals surface area contributed by atoms with Gasteiger partial charge in [0.2, 0.25) is 0 Å². The predicted molar refractivity (Wildman–Crippen MR) is 65.4 cm³/mol. The monoisotopic (exact) mass is 254 g/mol. The van der Waals surface area contributed by atoms with Crippen LogP contribution in [0.2, 0.25) is 0 Å². The predicted octanol–water partition coefficient (Wildman–Crippen LogP) is 2.05. The van der Waals surface area contributed by atoms with E-state index in [1.54, 1.807) is 28.6 Å². The van der Waals surface area contributed by atoms with E-state index in [0.717, 1.165) is 30.1 Å². The third-order valence-electron chi connectivity index (χ3n) is 2.81. The first-order valence-electron chi connectivity index (χ1n) is 5.37. The molecule has 0 spiro atoms. The maximum Gasteiger partial charge on any atom is 0.174 e. The van der Waals surface area contributed by atoms with Gasteiger partial charge in [-0.05, 0) is 25.8 Å². The lowest BCUT2D eigenvalue weighted by molar-refractivity contribution is 0.436. The molecule has 2 atom stereocenters. The number of hydrogen-bond acceptors (Lipinski definition) is 6. The van der Waals surface area contributed by atoms with Gasteiger partial charge in [0.25, 0.3) is 0 Å². The first-order chi connectivity index (χ1) is 7.78. The van der Waals surface area contributed by atoms with E-state index in [1.807, 2.05) is 6.92 Å². The Kier molecular flexibility index (Phi) is 3.79. The van der Waals surface area contributed by atoms with Gasteiger partial charge in [-0.2, -0.15) is 5.26 Å². The highest BCUT2D eigenvalue weighted by Gasteiger charge is 2.39. The van der Waals surface area contributed by atoms with Crippen LogP contribution < -0.4 is 5.32 Å². The smallest absolute Gasteiger partial charge is 0.174 e. The summed E-state index contributed by atoms with van der Waals surface area (Å²) in [6, 6.07) is 2.43. The number of hydrogen-bond donors (Lipinski definition) is 1. The Balaban J connectivity index is 1.95. The molecule has 0 radical (unpaired) electrons. The summed E-state index contributed by atoms with van der Waals surface area (Å²) < 4.78 is 1.01. The Morgan fingerprint density at radius 1 is 1.81 bits per heavy atom. The summed E-state index contributed by atoms with van der Waals surface area (Å²) in [7, 11) is 0. The molecule has 0 bridgehead atoms. The second-order valence-corrected chi connectivity index (χ2v) is 6.29. The molecular formula is C10H14N4S2. The van der Waals surface area contributed by atoms with Gasteiger partial charge in [0.05, 0.1) is 6.07 Å². The Bertz CT molecular complexity index is 373. The third kappa shape index (κ3) is 2.54. The largest absolute Gasteiger partial charge is 0.300 e. The lowest BCUT2D eigenvalue weighted by Crippen LogP contribution is -2.41. The lowest BCUT2D eigenvalue weighted by Gasteiger charge is -2.21. The standard InChI is InChI=1S/C10H14N4S2/c1-2-12-10(6-11)4-3-8(5-10)16-9-14-13-7-15-9/h7-8,12H,2-5H2,1H3. The number of nitrogens with one attached hydrogen (secondary N) is 1. The van der Waals surface area contributed by atoms with Gasteiger partial charge in [-0.3, -0.25) is 5.32 Å². The average molecular weight is 254 g/mol. The molecule has 2 rings (SSSR count). The van der Waals surface area contributed by atoms with Crippen molar-refractivity contribution in [1.29, 1.82) is 5.26 Å². The Morgan fingerprint density at radius 2 is 2.69 bits per heavy atom. The average Bonchev–Trinajstić information content (AvgIpc) is 2.90. The minimum absolute atomic E-state index is 0.308. The molecule has 0 amide bonds. The van der Waals surface area contributed by atoms with Crippen LogP contribution in [0.1, 0.15) is 26.2 Å². The number of aromatic nitrogens is 2. The van der Waals surface area contributed by atoms with Crippen LogP contribution in [0.3, 0.4) is 0 Å². The van der Waals surface area contributed by atoms with Crippen molar-refractivity contribution in [3.63, 3.8) is 0 Å². The van der Waals surface area contributed by atoms with E-state index in [1.165, 1.54) is 0 Å². The molecule has 4 nitrogen and oxygen atoms in total. The van der Waals surface area contributed by atoms with Gasteiger partial charge in [-0.15, -0.1) is 10.2 Å². The molecule has 0 aliphatic heterocycles. The molecule has 1 saturated carbocycles. The SMILES string of the molecule is CCNC1(C#N)CCC(Sc2nncs2)C1. The molecule has 1 fully saturated rings. The molecular weight excluding hydrogens is 240 g/mol. The molecule has 1 aliphatic carbocycles. The molecule has 2 unspecified atom stereocenters. The van der Waals surface area contributed by atoms with Gasteiger partial charge >= 0.3 is 0 Å². The fourth-order valence-electron chi connectivity index (χ4n) is 2.10. The van der Waals surface area contributed by atoms with Crippen molar-refractivity contribution in [3.05, 3.63) is 5.51 Å². The van der Waals surface area contributed by atoms with Crippen LogP contribution >= 0.6 is 23.1 Å². The van der Waals surface area contributed by atoms with Gasteiger partial charge in [-0.25, -0.2) is 0 Å². The molecule has 0 saturated heterocycles. The van der Waals surface area contributed by atoms with Crippen molar-refractivity contribution in [2.45, 2.75) is 41.3 Å². The quantitative estimate of drug-likeness (QED) is 0.891. The van der Waals surface area contributed by atoms with E-state index in [2.05, 4.69) is 21.6 Å². The lowest BCUT2D eigenvalue weighted by atomic mass is 10.0. The summed E-state index contributed by atoms with van der Waals surface area (Å²) in [5.41, 5.74) is 1.44. The second kappa shape index (κ2) is 5.13. The molecule has 1 aromatic rings. The maximum atomic E-state index is 9.24. The molecule has 6 heteroatoms. The summed E-state index contributed by atoms with van der Waals surface area (Å²) in [5.74, 6) is 0. The first kappa shape index (κ1) is 11.8. The fraction of sp³-hybridized carbons (Fsp3) is 0.700. The van der Waals surface area contributed by atoms with Crippen LogP contribution in [0.15, 0.2) is 9.85 Å². The highest BCUT2D eigenvalue weighted by Crippen LogP contribution is 2.40. The van der Waals surface area contributed by atoms with Gasteiger partial charge in [0.1, 0.15) is 11.0 Å². The first-order valence-corrected chi connectivity index (χ1v) is 7.13. The summed E-state index contributed by atoms with van der Waals surface area (Å²) in [4.78, 5) is 0. The van der Waals surface area contributed by atoms with Crippen LogP contribution in [0, 0.1) is 11.3 Å². The van der Waals surface area contributed by atoms with E-state index >= 15 is 0 Å². The van der Waals surface area contributed by atoms with Crippen molar-refractivity contribution >= 4 is 23.1 Å². The van der Waals surface area contributed by atoms with Crippen molar-refractivity contribution in [2.75, 3.05) is 6.54 Å². The van der Waals surface area contributed by atoms with Crippen molar-refractivity contribution in [2.24, 2.45) is 0 Å². The topological polar surface area (TPSA) is 61.6 Å². The summed E-state index contributed by atoms with van der Waals surface area (Å²) in [6.07, 6.45) is 2.92. The Hall–Kier alpha value is -0.640. The zero-order chi connectivity index (χ0) is 11.4. The molecule has 86 valence electrons. The minimum Gasteiger partial charge on any atom is -0.300 e. The number of rotatable bonds is 4. The van der Waals surface area contributed by atoms with Crippen molar-refractivity contribution in [3.8, 4) is 6.07 Å². The molecule has 1 heterocycles. The van der Waals surface area contributed by atoms with Crippen molar-refractivity contribution < 1.29 is 0 Å². The third-order valence-corrected chi connectivity index (χ3v) is 4.89. The van der Waals surface area contributed by atoms with E-state index < -0.39 is 0 Å². The minimum atomic E-state index is -0.308. The number of thioether (sulfide) groups is 1. The van der Waals surface area contributed by atoms with Crippen LogP contribution in [0.25, 0.3) is 0 Å². The van der Waals surface area contributed by atoms with Crippen LogP contribution in [0.5, 0.6) is 0 Å². The van der Waals surface area contributed by atoms with E-state index in [0.29, 0.717) is 5.25 Å². The van der Waals surface area contributed by atoms with Gasteiger partial charge in [0, 0.05) is 5.25 Å². The summed E-state index contributed by atoms with van der Waals surface area (Å²) >= 11 is 3.32. The molecule has 1 N–H and O–H groups in total. The van der Waals surface area contributed by atoms with Crippen LogP contribution in [0.4, 0.5) is 0 Å². The number of nitrogens with zero attached hydrogens (tertiary/aromatic N) is 3. The normalized spacial score (nSPS) is 29.1. The molecule has 1 aromatic heterocycles. The van der Waals surface area contributed by atoms with Gasteiger partial charge in [0.15, 0.2) is 4.34 Å². The summed E-state index contributed by atoms with van der Waals surface area (Å²) in [5, 5.41) is 20.9. The highest BCUT2D eigenvalue weighted by atomic mass is 32.2. The fourth-order valence-corrected chi connectivity index (χ4v) is 4.12.